The van der Waals surface area contributed by atoms with E-state index in [1.165, 1.54) is 45.2 Å². The highest BCUT2D eigenvalue weighted by Crippen LogP contribution is 2.09. The van der Waals surface area contributed by atoms with Gasteiger partial charge in [-0.1, -0.05) is 33.6 Å². The fraction of sp³-hybridized carbons (Fsp3) is 1.00. The molecule has 0 saturated heterocycles. The van der Waals surface area contributed by atoms with Crippen LogP contribution in [0.3, 0.4) is 0 Å². The molecule has 0 aromatic rings. The summed E-state index contributed by atoms with van der Waals surface area (Å²) in [5, 5.41) is 3.45. The van der Waals surface area contributed by atoms with E-state index in [1.807, 2.05) is 0 Å². The van der Waals surface area contributed by atoms with Crippen molar-refractivity contribution in [2.45, 2.75) is 71.9 Å². The van der Waals surface area contributed by atoms with Gasteiger partial charge >= 0.3 is 0 Å². The second-order valence-corrected chi connectivity index (χ2v) is 4.88. The van der Waals surface area contributed by atoms with E-state index < -0.39 is 0 Å². The van der Waals surface area contributed by atoms with E-state index in [-0.39, 0.29) is 0 Å². The van der Waals surface area contributed by atoms with Crippen LogP contribution in [-0.4, -0.2) is 37.1 Å². The molecule has 2 nitrogen and oxygen atoms in total. The molecule has 0 fully saturated rings. The predicted octanol–water partition coefficient (Wildman–Crippen LogP) is 3.28. The third-order valence-corrected chi connectivity index (χ3v) is 3.51. The average Bonchev–Trinajstić information content (AvgIpc) is 2.32. The minimum atomic E-state index is 0.663. The molecule has 0 aromatic carbocycles. The lowest BCUT2D eigenvalue weighted by Gasteiger charge is -2.32. The first-order chi connectivity index (χ1) is 7.69. The Kier molecular flexibility index (Phi) is 10.0. The Morgan fingerprint density at radius 2 is 1.81 bits per heavy atom. The second kappa shape index (κ2) is 10.1. The first-order valence-electron chi connectivity index (χ1n) is 7.10. The molecule has 2 atom stereocenters. The van der Waals surface area contributed by atoms with Crippen molar-refractivity contribution < 1.29 is 0 Å². The van der Waals surface area contributed by atoms with Crippen molar-refractivity contribution in [1.29, 1.82) is 0 Å². The van der Waals surface area contributed by atoms with Gasteiger partial charge in [-0.3, -0.25) is 4.90 Å². The smallest absolute Gasteiger partial charge is 0.0192 e. The molecule has 0 bridgehead atoms. The van der Waals surface area contributed by atoms with Crippen molar-refractivity contribution in [3.05, 3.63) is 0 Å². The molecule has 0 aliphatic rings. The summed E-state index contributed by atoms with van der Waals surface area (Å²) in [4.78, 5) is 2.65. The summed E-state index contributed by atoms with van der Waals surface area (Å²) in [5.74, 6) is 0. The number of hydrogen-bond donors (Lipinski definition) is 1. The monoisotopic (exact) mass is 228 g/mol. The molecule has 98 valence electrons. The van der Waals surface area contributed by atoms with Crippen LogP contribution in [0.15, 0.2) is 0 Å². The van der Waals surface area contributed by atoms with Gasteiger partial charge in [0, 0.05) is 18.6 Å². The minimum absolute atomic E-state index is 0.663. The molecule has 0 heterocycles. The van der Waals surface area contributed by atoms with E-state index >= 15 is 0 Å². The summed E-state index contributed by atoms with van der Waals surface area (Å²) in [5.41, 5.74) is 0. The third kappa shape index (κ3) is 6.49. The van der Waals surface area contributed by atoms with Crippen molar-refractivity contribution >= 4 is 0 Å². The average molecular weight is 228 g/mol. The van der Waals surface area contributed by atoms with Crippen LogP contribution in [0.4, 0.5) is 0 Å². The molecular formula is C14H32N2. The normalized spacial score (nSPS) is 15.4. The molecule has 0 aliphatic heterocycles. The summed E-state index contributed by atoms with van der Waals surface area (Å²) < 4.78 is 0. The third-order valence-electron chi connectivity index (χ3n) is 3.51. The van der Waals surface area contributed by atoms with E-state index in [0.29, 0.717) is 6.04 Å². The van der Waals surface area contributed by atoms with Gasteiger partial charge in [-0.2, -0.15) is 0 Å². The first-order valence-corrected chi connectivity index (χ1v) is 7.10. The van der Waals surface area contributed by atoms with E-state index in [2.05, 4.69) is 45.0 Å². The minimum Gasteiger partial charge on any atom is -0.316 e. The van der Waals surface area contributed by atoms with E-state index in [1.54, 1.807) is 0 Å². The Morgan fingerprint density at radius 3 is 2.25 bits per heavy atom. The van der Waals surface area contributed by atoms with Crippen molar-refractivity contribution in [3.8, 4) is 0 Å². The van der Waals surface area contributed by atoms with Crippen LogP contribution < -0.4 is 5.32 Å². The number of unbranched alkanes of at least 4 members (excludes halogenated alkanes) is 1. The van der Waals surface area contributed by atoms with Gasteiger partial charge in [0.15, 0.2) is 0 Å². The zero-order valence-electron chi connectivity index (χ0n) is 12.1. The topological polar surface area (TPSA) is 15.3 Å². The maximum Gasteiger partial charge on any atom is 0.0192 e. The summed E-state index contributed by atoms with van der Waals surface area (Å²) in [6, 6.07) is 1.38. The van der Waals surface area contributed by atoms with Gasteiger partial charge in [0.25, 0.3) is 0 Å². The van der Waals surface area contributed by atoms with E-state index in [9.17, 15) is 0 Å². The van der Waals surface area contributed by atoms with Gasteiger partial charge < -0.3 is 5.32 Å². The molecule has 0 saturated carbocycles. The van der Waals surface area contributed by atoms with Crippen LogP contribution in [0.25, 0.3) is 0 Å². The quantitative estimate of drug-likeness (QED) is 0.617. The van der Waals surface area contributed by atoms with Gasteiger partial charge in [-0.15, -0.1) is 0 Å². The van der Waals surface area contributed by atoms with Crippen LogP contribution in [0, 0.1) is 0 Å². The molecule has 0 rings (SSSR count). The van der Waals surface area contributed by atoms with Gasteiger partial charge in [0.05, 0.1) is 0 Å². The van der Waals surface area contributed by atoms with E-state index in [4.69, 9.17) is 0 Å². The van der Waals surface area contributed by atoms with Crippen molar-refractivity contribution in [2.24, 2.45) is 0 Å². The number of rotatable bonds is 10. The molecule has 0 amide bonds. The second-order valence-electron chi connectivity index (χ2n) is 4.88. The molecule has 0 aromatic heterocycles. The number of hydrogen-bond acceptors (Lipinski definition) is 2. The Labute approximate surface area is 103 Å². The molecule has 2 unspecified atom stereocenters. The summed E-state index contributed by atoms with van der Waals surface area (Å²) in [7, 11) is 2.09. The first kappa shape index (κ1) is 15.9. The Morgan fingerprint density at radius 1 is 1.12 bits per heavy atom. The molecular weight excluding hydrogens is 196 g/mol. The largest absolute Gasteiger partial charge is 0.316 e. The van der Waals surface area contributed by atoms with E-state index in [0.717, 1.165) is 6.04 Å². The number of likely N-dealkylation sites (N-methyl/N-ethyl adjacent to an activating group) is 1. The van der Waals surface area contributed by atoms with Crippen LogP contribution in [0.5, 0.6) is 0 Å². The van der Waals surface area contributed by atoms with Crippen molar-refractivity contribution in [3.63, 3.8) is 0 Å². The highest BCUT2D eigenvalue weighted by molar-refractivity contribution is 4.74. The zero-order valence-corrected chi connectivity index (χ0v) is 12.1. The Balaban J connectivity index is 4.15. The lowest BCUT2D eigenvalue weighted by molar-refractivity contribution is 0.178. The summed E-state index contributed by atoms with van der Waals surface area (Å²) in [6.45, 7) is 11.7. The Hall–Kier alpha value is -0.0800. The standard InChI is InChI=1S/C14H32N2/c1-6-9-11-16(13(4)8-3)12-14(15-5)10-7-2/h13-15H,6-12H2,1-5H3. The van der Waals surface area contributed by atoms with Crippen LogP contribution >= 0.6 is 0 Å². The maximum atomic E-state index is 3.45. The zero-order chi connectivity index (χ0) is 12.4. The van der Waals surface area contributed by atoms with Crippen LogP contribution in [-0.2, 0) is 0 Å². The van der Waals surface area contributed by atoms with Crippen molar-refractivity contribution in [1.82, 2.24) is 10.2 Å². The molecule has 0 spiro atoms. The number of nitrogens with one attached hydrogen (secondary N) is 1. The fourth-order valence-electron chi connectivity index (χ4n) is 2.07. The molecule has 1 N–H and O–H groups in total. The van der Waals surface area contributed by atoms with Gasteiger partial charge in [-0.05, 0) is 39.8 Å². The van der Waals surface area contributed by atoms with Crippen molar-refractivity contribution in [2.75, 3.05) is 20.1 Å². The van der Waals surface area contributed by atoms with Crippen LogP contribution in [0.1, 0.15) is 59.8 Å². The highest BCUT2D eigenvalue weighted by Gasteiger charge is 2.15. The Bertz CT molecular complexity index is 148. The SMILES string of the molecule is CCCCN(CC(CCC)NC)C(C)CC. The van der Waals surface area contributed by atoms with Gasteiger partial charge in [0.1, 0.15) is 0 Å². The maximum absolute atomic E-state index is 3.45. The summed E-state index contributed by atoms with van der Waals surface area (Å²) in [6.07, 6.45) is 6.44. The van der Waals surface area contributed by atoms with Gasteiger partial charge in [-0.25, -0.2) is 0 Å². The lowest BCUT2D eigenvalue weighted by atomic mass is 10.1. The fourth-order valence-corrected chi connectivity index (χ4v) is 2.07. The molecule has 16 heavy (non-hydrogen) atoms. The number of nitrogens with zero attached hydrogens (tertiary/aromatic N) is 1. The van der Waals surface area contributed by atoms with Crippen LogP contribution in [0.2, 0.25) is 0 Å². The highest BCUT2D eigenvalue weighted by atomic mass is 15.2. The molecule has 0 aliphatic carbocycles. The molecule has 2 heteroatoms. The molecule has 0 radical (unpaired) electrons. The predicted molar refractivity (Wildman–Crippen MR) is 74.0 cm³/mol. The van der Waals surface area contributed by atoms with Gasteiger partial charge in [0.2, 0.25) is 0 Å². The summed E-state index contributed by atoms with van der Waals surface area (Å²) >= 11 is 0. The lowest BCUT2D eigenvalue weighted by Crippen LogP contribution is -2.43.